The SMILES string of the molecule is C/C=C(/c1ccc(OC)cc1)c1ccc(OC)c(OC)c1. The Balaban J connectivity index is 2.41. The lowest BCUT2D eigenvalue weighted by molar-refractivity contribution is 0.355. The van der Waals surface area contributed by atoms with Crippen molar-refractivity contribution >= 4 is 5.57 Å². The molecule has 21 heavy (non-hydrogen) atoms. The predicted molar refractivity (Wildman–Crippen MR) is 85.3 cm³/mol. The molecular weight excluding hydrogens is 264 g/mol. The molecule has 0 amide bonds. The second-order valence-corrected chi connectivity index (χ2v) is 4.50. The van der Waals surface area contributed by atoms with E-state index in [0.717, 1.165) is 33.9 Å². The number of hydrogen-bond acceptors (Lipinski definition) is 3. The van der Waals surface area contributed by atoms with Crippen molar-refractivity contribution in [2.75, 3.05) is 21.3 Å². The van der Waals surface area contributed by atoms with Crippen molar-refractivity contribution in [3.63, 3.8) is 0 Å². The first-order valence-electron chi connectivity index (χ1n) is 6.76. The molecule has 0 aliphatic heterocycles. The standard InChI is InChI=1S/C18H20O3/c1-5-16(13-6-9-15(19-2)10-7-13)14-8-11-17(20-3)18(12-14)21-4/h5-12H,1-4H3/b16-5-. The fraction of sp³-hybridized carbons (Fsp3) is 0.222. The molecule has 0 aliphatic carbocycles. The molecule has 3 heteroatoms. The number of ether oxygens (including phenoxy) is 3. The molecule has 2 rings (SSSR count). The Hall–Kier alpha value is -2.42. The molecule has 2 aromatic carbocycles. The van der Waals surface area contributed by atoms with Gasteiger partial charge in [-0.1, -0.05) is 24.3 Å². The van der Waals surface area contributed by atoms with Crippen LogP contribution in [0.3, 0.4) is 0 Å². The highest BCUT2D eigenvalue weighted by atomic mass is 16.5. The predicted octanol–water partition coefficient (Wildman–Crippen LogP) is 4.16. The van der Waals surface area contributed by atoms with Crippen molar-refractivity contribution in [1.29, 1.82) is 0 Å². The van der Waals surface area contributed by atoms with E-state index in [9.17, 15) is 0 Å². The third-order valence-corrected chi connectivity index (χ3v) is 3.38. The minimum Gasteiger partial charge on any atom is -0.497 e. The summed E-state index contributed by atoms with van der Waals surface area (Å²) in [6.45, 7) is 2.02. The summed E-state index contributed by atoms with van der Waals surface area (Å²) in [5, 5.41) is 0. The molecular formula is C18H20O3. The van der Waals surface area contributed by atoms with Gasteiger partial charge in [0, 0.05) is 0 Å². The van der Waals surface area contributed by atoms with Crippen LogP contribution in [0.1, 0.15) is 18.1 Å². The van der Waals surface area contributed by atoms with E-state index in [1.165, 1.54) is 0 Å². The van der Waals surface area contributed by atoms with E-state index >= 15 is 0 Å². The molecule has 0 saturated carbocycles. The number of methoxy groups -OCH3 is 3. The van der Waals surface area contributed by atoms with Gasteiger partial charge < -0.3 is 14.2 Å². The van der Waals surface area contributed by atoms with Gasteiger partial charge >= 0.3 is 0 Å². The van der Waals surface area contributed by atoms with Crippen molar-refractivity contribution in [3.05, 3.63) is 59.7 Å². The van der Waals surface area contributed by atoms with Crippen LogP contribution in [0.4, 0.5) is 0 Å². The molecule has 0 atom stereocenters. The van der Waals surface area contributed by atoms with Gasteiger partial charge in [0.1, 0.15) is 5.75 Å². The van der Waals surface area contributed by atoms with Gasteiger partial charge in [-0.05, 0) is 47.9 Å². The molecule has 2 aromatic rings. The molecule has 0 heterocycles. The van der Waals surface area contributed by atoms with Crippen LogP contribution in [0, 0.1) is 0 Å². The largest absolute Gasteiger partial charge is 0.497 e. The normalized spacial score (nSPS) is 11.1. The Morgan fingerprint density at radius 2 is 1.38 bits per heavy atom. The highest BCUT2D eigenvalue weighted by Crippen LogP contribution is 2.33. The van der Waals surface area contributed by atoms with Crippen LogP contribution in [0.25, 0.3) is 5.57 Å². The molecule has 0 spiro atoms. The van der Waals surface area contributed by atoms with Gasteiger partial charge in [-0.25, -0.2) is 0 Å². The quantitative estimate of drug-likeness (QED) is 0.825. The molecule has 0 bridgehead atoms. The molecule has 0 fully saturated rings. The third-order valence-electron chi connectivity index (χ3n) is 3.38. The first-order valence-corrected chi connectivity index (χ1v) is 6.76. The van der Waals surface area contributed by atoms with Crippen LogP contribution in [0.5, 0.6) is 17.2 Å². The van der Waals surface area contributed by atoms with Gasteiger partial charge in [-0.2, -0.15) is 0 Å². The van der Waals surface area contributed by atoms with E-state index < -0.39 is 0 Å². The minimum atomic E-state index is 0.725. The van der Waals surface area contributed by atoms with E-state index in [1.807, 2.05) is 49.4 Å². The van der Waals surface area contributed by atoms with Crippen molar-refractivity contribution in [1.82, 2.24) is 0 Å². The van der Waals surface area contributed by atoms with Crippen molar-refractivity contribution in [3.8, 4) is 17.2 Å². The maximum absolute atomic E-state index is 5.37. The summed E-state index contributed by atoms with van der Waals surface area (Å²) in [5.41, 5.74) is 3.35. The van der Waals surface area contributed by atoms with Crippen molar-refractivity contribution < 1.29 is 14.2 Å². The van der Waals surface area contributed by atoms with Gasteiger partial charge in [-0.3, -0.25) is 0 Å². The maximum atomic E-state index is 5.37. The van der Waals surface area contributed by atoms with Gasteiger partial charge in [0.2, 0.25) is 0 Å². The van der Waals surface area contributed by atoms with Gasteiger partial charge in [0.25, 0.3) is 0 Å². The summed E-state index contributed by atoms with van der Waals surface area (Å²) in [6.07, 6.45) is 2.09. The van der Waals surface area contributed by atoms with Crippen molar-refractivity contribution in [2.24, 2.45) is 0 Å². The van der Waals surface area contributed by atoms with Crippen LogP contribution in [-0.2, 0) is 0 Å². The number of benzene rings is 2. The Morgan fingerprint density at radius 3 is 1.90 bits per heavy atom. The van der Waals surface area contributed by atoms with E-state index in [4.69, 9.17) is 14.2 Å². The summed E-state index contributed by atoms with van der Waals surface area (Å²) in [6, 6.07) is 13.9. The molecule has 0 saturated heterocycles. The van der Waals surface area contributed by atoms with Crippen LogP contribution in [-0.4, -0.2) is 21.3 Å². The second kappa shape index (κ2) is 6.84. The average Bonchev–Trinajstić information content (AvgIpc) is 2.56. The number of allylic oxidation sites excluding steroid dienone is 1. The van der Waals surface area contributed by atoms with E-state index in [-0.39, 0.29) is 0 Å². The van der Waals surface area contributed by atoms with E-state index in [0.29, 0.717) is 0 Å². The second-order valence-electron chi connectivity index (χ2n) is 4.50. The Bertz CT molecular complexity index is 627. The number of hydrogen-bond donors (Lipinski definition) is 0. The fourth-order valence-electron chi connectivity index (χ4n) is 2.27. The maximum Gasteiger partial charge on any atom is 0.161 e. The summed E-state index contributed by atoms with van der Waals surface area (Å²) in [7, 11) is 4.95. The third kappa shape index (κ3) is 3.19. The highest BCUT2D eigenvalue weighted by molar-refractivity contribution is 5.80. The molecule has 0 radical (unpaired) electrons. The van der Waals surface area contributed by atoms with Gasteiger partial charge in [0.05, 0.1) is 21.3 Å². The van der Waals surface area contributed by atoms with Crippen LogP contribution in [0.2, 0.25) is 0 Å². The Labute approximate surface area is 125 Å². The Kier molecular flexibility index (Phi) is 4.88. The Morgan fingerprint density at radius 1 is 0.762 bits per heavy atom. The average molecular weight is 284 g/mol. The molecule has 3 nitrogen and oxygen atoms in total. The van der Waals surface area contributed by atoms with Crippen LogP contribution >= 0.6 is 0 Å². The van der Waals surface area contributed by atoms with Crippen LogP contribution in [0.15, 0.2) is 48.5 Å². The molecule has 0 N–H and O–H groups in total. The van der Waals surface area contributed by atoms with Gasteiger partial charge in [0.15, 0.2) is 11.5 Å². The van der Waals surface area contributed by atoms with Crippen molar-refractivity contribution in [2.45, 2.75) is 6.92 Å². The molecule has 110 valence electrons. The smallest absolute Gasteiger partial charge is 0.161 e. The zero-order valence-electron chi connectivity index (χ0n) is 12.8. The lowest BCUT2D eigenvalue weighted by Crippen LogP contribution is -1.94. The highest BCUT2D eigenvalue weighted by Gasteiger charge is 2.09. The van der Waals surface area contributed by atoms with Gasteiger partial charge in [-0.15, -0.1) is 0 Å². The topological polar surface area (TPSA) is 27.7 Å². The first-order chi connectivity index (χ1) is 10.2. The monoisotopic (exact) mass is 284 g/mol. The minimum absolute atomic E-state index is 0.725. The summed E-state index contributed by atoms with van der Waals surface area (Å²) in [4.78, 5) is 0. The van der Waals surface area contributed by atoms with Crippen LogP contribution < -0.4 is 14.2 Å². The molecule has 0 aromatic heterocycles. The first kappa shape index (κ1) is 15.0. The zero-order chi connectivity index (χ0) is 15.2. The number of rotatable bonds is 5. The summed E-state index contributed by atoms with van der Waals surface area (Å²) in [5.74, 6) is 2.30. The summed E-state index contributed by atoms with van der Waals surface area (Å²) < 4.78 is 15.9. The molecule has 0 aliphatic rings. The van der Waals surface area contributed by atoms with E-state index in [1.54, 1.807) is 21.3 Å². The lowest BCUT2D eigenvalue weighted by atomic mass is 9.97. The lowest BCUT2D eigenvalue weighted by Gasteiger charge is -2.12. The zero-order valence-corrected chi connectivity index (χ0v) is 12.8. The molecule has 0 unspecified atom stereocenters. The fourth-order valence-corrected chi connectivity index (χ4v) is 2.27. The summed E-state index contributed by atoms with van der Waals surface area (Å²) >= 11 is 0. The van der Waals surface area contributed by atoms with E-state index in [2.05, 4.69) is 6.08 Å².